The van der Waals surface area contributed by atoms with E-state index in [1.165, 1.54) is 11.1 Å². The maximum atomic E-state index is 12.9. The SMILES string of the molecule is CC(C)Cc1ccc(CCCCCOC/C=C/C(=O)c2c(CCCC(=O)O)[nH]c3ccccc23)cc1. The largest absolute Gasteiger partial charge is 0.481 e. The molecule has 3 rings (SSSR count). The van der Waals surface area contributed by atoms with Gasteiger partial charge in [-0.05, 0) is 67.7 Å². The highest BCUT2D eigenvalue weighted by Crippen LogP contribution is 2.24. The molecular weight excluding hydrogens is 450 g/mol. The van der Waals surface area contributed by atoms with E-state index in [1.807, 2.05) is 24.3 Å². The van der Waals surface area contributed by atoms with E-state index in [9.17, 15) is 9.59 Å². The molecule has 2 N–H and O–H groups in total. The van der Waals surface area contributed by atoms with Gasteiger partial charge in [-0.3, -0.25) is 9.59 Å². The van der Waals surface area contributed by atoms with Crippen LogP contribution in [0.25, 0.3) is 10.9 Å². The van der Waals surface area contributed by atoms with Crippen molar-refractivity contribution in [3.8, 4) is 0 Å². The van der Waals surface area contributed by atoms with Crippen LogP contribution < -0.4 is 0 Å². The number of aromatic nitrogens is 1. The van der Waals surface area contributed by atoms with Gasteiger partial charge in [-0.1, -0.05) is 68.8 Å². The van der Waals surface area contributed by atoms with Crippen LogP contribution in [0.4, 0.5) is 0 Å². The van der Waals surface area contributed by atoms with E-state index in [0.717, 1.165) is 48.7 Å². The number of unbranched alkanes of at least 4 members (excludes halogenated alkanes) is 2. The quantitative estimate of drug-likeness (QED) is 0.130. The Morgan fingerprint density at radius 3 is 2.44 bits per heavy atom. The first-order valence-electron chi connectivity index (χ1n) is 13.1. The molecular formula is C31H39NO4. The van der Waals surface area contributed by atoms with E-state index < -0.39 is 5.97 Å². The van der Waals surface area contributed by atoms with E-state index in [2.05, 4.69) is 43.1 Å². The number of benzene rings is 2. The van der Waals surface area contributed by atoms with Gasteiger partial charge in [0.05, 0.1) is 12.2 Å². The lowest BCUT2D eigenvalue weighted by molar-refractivity contribution is -0.137. The summed E-state index contributed by atoms with van der Waals surface area (Å²) in [6.45, 7) is 5.58. The minimum atomic E-state index is -0.827. The van der Waals surface area contributed by atoms with Crippen molar-refractivity contribution in [2.75, 3.05) is 13.2 Å². The summed E-state index contributed by atoms with van der Waals surface area (Å²) in [5, 5.41) is 9.80. The molecule has 0 amide bonds. The van der Waals surface area contributed by atoms with Gasteiger partial charge in [0.2, 0.25) is 0 Å². The van der Waals surface area contributed by atoms with Crippen molar-refractivity contribution >= 4 is 22.7 Å². The minimum Gasteiger partial charge on any atom is -0.481 e. The number of aryl methyl sites for hydroxylation is 2. The zero-order valence-corrected chi connectivity index (χ0v) is 21.6. The zero-order valence-electron chi connectivity index (χ0n) is 21.6. The molecule has 192 valence electrons. The number of hydrogen-bond donors (Lipinski definition) is 2. The third-order valence-corrected chi connectivity index (χ3v) is 6.25. The fraction of sp³-hybridized carbons (Fsp3) is 0.419. The number of nitrogens with one attached hydrogen (secondary N) is 1. The topological polar surface area (TPSA) is 79.4 Å². The molecule has 0 bridgehead atoms. The third-order valence-electron chi connectivity index (χ3n) is 6.25. The predicted octanol–water partition coefficient (Wildman–Crippen LogP) is 6.94. The molecule has 36 heavy (non-hydrogen) atoms. The normalized spacial score (nSPS) is 11.6. The van der Waals surface area contributed by atoms with Gasteiger partial charge in [0.1, 0.15) is 0 Å². The molecule has 2 aromatic carbocycles. The summed E-state index contributed by atoms with van der Waals surface area (Å²) in [4.78, 5) is 27.1. The van der Waals surface area contributed by atoms with Gasteiger partial charge in [0.15, 0.2) is 5.78 Å². The van der Waals surface area contributed by atoms with Crippen LogP contribution in [0.3, 0.4) is 0 Å². The number of aromatic amines is 1. The maximum absolute atomic E-state index is 12.9. The van der Waals surface area contributed by atoms with Crippen LogP contribution in [0.15, 0.2) is 60.7 Å². The number of carboxylic acid groups (broad SMARTS) is 1. The molecule has 0 saturated carbocycles. The van der Waals surface area contributed by atoms with E-state index in [4.69, 9.17) is 9.84 Å². The Labute approximate surface area is 214 Å². The Hall–Kier alpha value is -3.18. The molecule has 0 fully saturated rings. The standard InChI is InChI=1S/C31H39NO4/c1-23(2)22-25-18-16-24(17-19-25)10-4-3-7-20-36-21-9-14-29(33)31-26-11-5-6-12-27(26)32-28(31)13-8-15-30(34)35/h5-6,9,11-12,14,16-19,23,32H,3-4,7-8,10,13,15,20-22H2,1-2H3,(H,34,35)/b14-9+. The monoisotopic (exact) mass is 489 g/mol. The predicted molar refractivity (Wildman–Crippen MR) is 146 cm³/mol. The fourth-order valence-corrected chi connectivity index (χ4v) is 4.50. The van der Waals surface area contributed by atoms with Gasteiger partial charge in [-0.2, -0.15) is 0 Å². The van der Waals surface area contributed by atoms with Crippen LogP contribution in [-0.2, 0) is 28.8 Å². The van der Waals surface area contributed by atoms with Crippen molar-refractivity contribution in [2.24, 2.45) is 5.92 Å². The minimum absolute atomic E-state index is 0.0806. The molecule has 0 atom stereocenters. The number of aliphatic carboxylic acids is 1. The number of carboxylic acids is 1. The summed E-state index contributed by atoms with van der Waals surface area (Å²) in [5.41, 5.74) is 5.12. The number of allylic oxidation sites excluding steroid dienone is 1. The van der Waals surface area contributed by atoms with Crippen LogP contribution in [0.5, 0.6) is 0 Å². The first kappa shape index (κ1) is 27.4. The van der Waals surface area contributed by atoms with Crippen LogP contribution >= 0.6 is 0 Å². The van der Waals surface area contributed by atoms with Gasteiger partial charge in [-0.15, -0.1) is 0 Å². The second kappa shape index (κ2) is 14.4. The Kier molecular flexibility index (Phi) is 11.0. The van der Waals surface area contributed by atoms with E-state index in [-0.39, 0.29) is 12.2 Å². The Morgan fingerprint density at radius 2 is 1.69 bits per heavy atom. The summed E-state index contributed by atoms with van der Waals surface area (Å²) in [6.07, 6.45) is 9.91. The first-order chi connectivity index (χ1) is 17.4. The first-order valence-corrected chi connectivity index (χ1v) is 13.1. The van der Waals surface area contributed by atoms with Gasteiger partial charge < -0.3 is 14.8 Å². The van der Waals surface area contributed by atoms with Crippen LogP contribution in [0, 0.1) is 5.92 Å². The number of carbonyl (C=O) groups is 2. The molecule has 0 aliphatic heterocycles. The van der Waals surface area contributed by atoms with Crippen LogP contribution in [0.2, 0.25) is 0 Å². The summed E-state index contributed by atoms with van der Waals surface area (Å²) < 4.78 is 5.70. The molecule has 3 aromatic rings. The van der Waals surface area contributed by atoms with E-state index >= 15 is 0 Å². The van der Waals surface area contributed by atoms with Gasteiger partial charge >= 0.3 is 5.97 Å². The van der Waals surface area contributed by atoms with Crippen molar-refractivity contribution in [2.45, 2.75) is 65.2 Å². The Balaban J connectivity index is 1.38. The number of rotatable bonds is 16. The van der Waals surface area contributed by atoms with Gasteiger partial charge in [-0.25, -0.2) is 0 Å². The van der Waals surface area contributed by atoms with Crippen molar-refractivity contribution < 1.29 is 19.4 Å². The summed E-state index contributed by atoms with van der Waals surface area (Å²) in [6, 6.07) is 16.7. The summed E-state index contributed by atoms with van der Waals surface area (Å²) in [5.74, 6) is -0.224. The second-order valence-corrected chi connectivity index (χ2v) is 9.84. The zero-order chi connectivity index (χ0) is 25.8. The molecule has 5 heteroatoms. The molecule has 0 saturated heterocycles. The maximum Gasteiger partial charge on any atom is 0.303 e. The molecule has 0 aliphatic carbocycles. The third kappa shape index (κ3) is 8.80. The van der Waals surface area contributed by atoms with E-state index in [0.29, 0.717) is 37.5 Å². The highest BCUT2D eigenvalue weighted by molar-refractivity contribution is 6.14. The lowest BCUT2D eigenvalue weighted by Crippen LogP contribution is -2.02. The lowest BCUT2D eigenvalue weighted by atomic mass is 10.00. The van der Waals surface area contributed by atoms with Crippen molar-refractivity contribution in [3.63, 3.8) is 0 Å². The average Bonchev–Trinajstić information content (AvgIpc) is 3.21. The number of hydrogen-bond acceptors (Lipinski definition) is 3. The van der Waals surface area contributed by atoms with E-state index in [1.54, 1.807) is 12.2 Å². The highest BCUT2D eigenvalue weighted by Gasteiger charge is 2.16. The number of carbonyl (C=O) groups excluding carboxylic acids is 1. The average molecular weight is 490 g/mol. The van der Waals surface area contributed by atoms with Crippen molar-refractivity contribution in [3.05, 3.63) is 83.1 Å². The van der Waals surface area contributed by atoms with Gasteiger partial charge in [0.25, 0.3) is 0 Å². The number of H-pyrrole nitrogens is 1. The Bertz CT molecular complexity index is 1140. The highest BCUT2D eigenvalue weighted by atomic mass is 16.5. The molecule has 0 aliphatic rings. The number of ketones is 1. The number of para-hydroxylation sites is 1. The van der Waals surface area contributed by atoms with Gasteiger partial charge in [0, 0.05) is 29.6 Å². The number of fused-ring (bicyclic) bond motifs is 1. The van der Waals surface area contributed by atoms with Crippen LogP contribution in [0.1, 0.15) is 73.1 Å². The smallest absolute Gasteiger partial charge is 0.303 e. The summed E-state index contributed by atoms with van der Waals surface area (Å²) >= 11 is 0. The Morgan fingerprint density at radius 1 is 0.944 bits per heavy atom. The molecule has 1 heterocycles. The van der Waals surface area contributed by atoms with Crippen molar-refractivity contribution in [1.82, 2.24) is 4.98 Å². The van der Waals surface area contributed by atoms with Crippen molar-refractivity contribution in [1.29, 1.82) is 0 Å². The number of ether oxygens (including phenoxy) is 1. The molecule has 1 aromatic heterocycles. The lowest BCUT2D eigenvalue weighted by Gasteiger charge is -2.07. The second-order valence-electron chi connectivity index (χ2n) is 9.84. The molecule has 5 nitrogen and oxygen atoms in total. The summed E-state index contributed by atoms with van der Waals surface area (Å²) in [7, 11) is 0. The molecule has 0 unspecified atom stereocenters. The molecule has 0 spiro atoms. The molecule has 0 radical (unpaired) electrons. The van der Waals surface area contributed by atoms with Crippen LogP contribution in [-0.4, -0.2) is 35.1 Å². The fourth-order valence-electron chi connectivity index (χ4n) is 4.50.